The van der Waals surface area contributed by atoms with E-state index in [9.17, 15) is 13.9 Å². The van der Waals surface area contributed by atoms with Gasteiger partial charge in [0.1, 0.15) is 5.69 Å². The van der Waals surface area contributed by atoms with Gasteiger partial charge in [-0.15, -0.1) is 0 Å². The summed E-state index contributed by atoms with van der Waals surface area (Å²) in [6.07, 6.45) is 1.83. The van der Waals surface area contributed by atoms with Crippen molar-refractivity contribution in [1.82, 2.24) is 0 Å². The Morgan fingerprint density at radius 3 is 2.44 bits per heavy atom. The van der Waals surface area contributed by atoms with Crippen LogP contribution in [0, 0.1) is 23.0 Å². The van der Waals surface area contributed by atoms with Gasteiger partial charge in [0, 0.05) is 12.3 Å². The van der Waals surface area contributed by atoms with Crippen molar-refractivity contribution in [3.05, 3.63) is 29.3 Å². The fourth-order valence-corrected chi connectivity index (χ4v) is 2.17. The zero-order valence-electron chi connectivity index (χ0n) is 10.1. The predicted octanol–water partition coefficient (Wildman–Crippen LogP) is 2.36. The first kappa shape index (κ1) is 14.7. The Balaban J connectivity index is 2.83. The number of rotatable bonds is 5. The maximum absolute atomic E-state index is 13.5. The molecule has 0 radical (unpaired) electrons. The summed E-state index contributed by atoms with van der Waals surface area (Å²) < 4.78 is 27.0. The van der Waals surface area contributed by atoms with Crippen molar-refractivity contribution in [2.24, 2.45) is 0 Å². The lowest BCUT2D eigenvalue weighted by Crippen LogP contribution is -2.36. The smallest absolute Gasteiger partial charge is 0.150 e. The van der Waals surface area contributed by atoms with Crippen LogP contribution >= 0.6 is 11.8 Å². The summed E-state index contributed by atoms with van der Waals surface area (Å²) in [6, 6.07) is 3.57. The van der Waals surface area contributed by atoms with Crippen LogP contribution in [0.3, 0.4) is 0 Å². The molecule has 1 aromatic rings. The molecule has 1 rings (SSSR count). The van der Waals surface area contributed by atoms with Crippen molar-refractivity contribution in [1.29, 1.82) is 5.26 Å². The second kappa shape index (κ2) is 6.03. The zero-order valence-corrected chi connectivity index (χ0v) is 10.9. The molecule has 0 amide bonds. The van der Waals surface area contributed by atoms with Crippen LogP contribution < -0.4 is 5.32 Å². The number of nitrogens with zero attached hydrogens (tertiary/aromatic N) is 1. The van der Waals surface area contributed by atoms with E-state index in [4.69, 9.17) is 5.26 Å². The fraction of sp³-hybridized carbons (Fsp3) is 0.417. The number of nitrogens with one attached hydrogen (secondary N) is 1. The molecule has 0 heterocycles. The molecule has 0 saturated heterocycles. The number of nitriles is 1. The van der Waals surface area contributed by atoms with Gasteiger partial charge in [-0.2, -0.15) is 17.0 Å². The third-order valence-corrected chi connectivity index (χ3v) is 3.18. The Morgan fingerprint density at radius 1 is 1.44 bits per heavy atom. The molecular formula is C12H14F2N2OS. The molecule has 0 aliphatic heterocycles. The number of hydrogen-bond donors (Lipinski definition) is 2. The van der Waals surface area contributed by atoms with Gasteiger partial charge in [-0.3, -0.25) is 0 Å². The van der Waals surface area contributed by atoms with E-state index in [1.165, 1.54) is 11.8 Å². The normalized spacial score (nSPS) is 13.8. The Labute approximate surface area is 109 Å². The highest BCUT2D eigenvalue weighted by Gasteiger charge is 2.21. The van der Waals surface area contributed by atoms with Gasteiger partial charge in [0.2, 0.25) is 0 Å². The van der Waals surface area contributed by atoms with Gasteiger partial charge in [0.25, 0.3) is 0 Å². The van der Waals surface area contributed by atoms with Crippen LogP contribution in [0.25, 0.3) is 0 Å². The maximum Gasteiger partial charge on any atom is 0.150 e. The molecule has 3 nitrogen and oxygen atoms in total. The van der Waals surface area contributed by atoms with E-state index in [0.717, 1.165) is 12.1 Å². The number of halogens is 2. The second-order valence-electron chi connectivity index (χ2n) is 4.21. The molecule has 0 fully saturated rings. The second-order valence-corrected chi connectivity index (χ2v) is 5.08. The van der Waals surface area contributed by atoms with Gasteiger partial charge >= 0.3 is 0 Å². The van der Waals surface area contributed by atoms with E-state index in [1.54, 1.807) is 13.0 Å². The summed E-state index contributed by atoms with van der Waals surface area (Å²) in [5.74, 6) is -1.24. The summed E-state index contributed by atoms with van der Waals surface area (Å²) >= 11 is 1.44. The average Bonchev–Trinajstić information content (AvgIpc) is 2.27. The molecular weight excluding hydrogens is 258 g/mol. The first-order valence-electron chi connectivity index (χ1n) is 5.24. The van der Waals surface area contributed by atoms with Crippen LogP contribution in [0.15, 0.2) is 12.1 Å². The van der Waals surface area contributed by atoms with Crippen molar-refractivity contribution in [3.63, 3.8) is 0 Å². The number of hydrogen-bond acceptors (Lipinski definition) is 4. The minimum absolute atomic E-state index is 0.0214. The molecule has 0 unspecified atom stereocenters. The Morgan fingerprint density at radius 2 is 2.00 bits per heavy atom. The summed E-state index contributed by atoms with van der Waals surface area (Å²) in [5, 5.41) is 21.0. The van der Waals surface area contributed by atoms with Crippen LogP contribution in [0.4, 0.5) is 14.5 Å². The molecule has 98 valence electrons. The first-order valence-corrected chi connectivity index (χ1v) is 6.63. The molecule has 0 aromatic heterocycles. The topological polar surface area (TPSA) is 56.0 Å². The SMILES string of the molecule is CSC[C@@](C)(O)CNc1c(F)cc(C#N)cc1F. The van der Waals surface area contributed by atoms with E-state index in [-0.39, 0.29) is 17.8 Å². The molecule has 0 saturated carbocycles. The van der Waals surface area contributed by atoms with Crippen LogP contribution in [0.1, 0.15) is 12.5 Å². The highest BCUT2D eigenvalue weighted by atomic mass is 32.2. The third kappa shape index (κ3) is 3.86. The van der Waals surface area contributed by atoms with Gasteiger partial charge in [0.15, 0.2) is 11.6 Å². The van der Waals surface area contributed by atoms with Gasteiger partial charge in [-0.25, -0.2) is 8.78 Å². The fourth-order valence-electron chi connectivity index (χ4n) is 1.45. The molecule has 6 heteroatoms. The molecule has 0 aliphatic rings. The van der Waals surface area contributed by atoms with Gasteiger partial charge in [-0.05, 0) is 25.3 Å². The van der Waals surface area contributed by atoms with Crippen LogP contribution in [0.5, 0.6) is 0 Å². The summed E-state index contributed by atoms with van der Waals surface area (Å²) in [4.78, 5) is 0. The molecule has 0 spiro atoms. The number of anilines is 1. The van der Waals surface area contributed by atoms with Crippen LogP contribution in [-0.4, -0.2) is 29.3 Å². The molecule has 0 aliphatic carbocycles. The highest BCUT2D eigenvalue weighted by Crippen LogP contribution is 2.22. The zero-order chi connectivity index (χ0) is 13.8. The number of thioether (sulfide) groups is 1. The maximum atomic E-state index is 13.5. The quantitative estimate of drug-likeness (QED) is 0.864. The van der Waals surface area contributed by atoms with Crippen molar-refractivity contribution in [2.45, 2.75) is 12.5 Å². The lowest BCUT2D eigenvalue weighted by molar-refractivity contribution is 0.0996. The molecule has 2 N–H and O–H groups in total. The predicted molar refractivity (Wildman–Crippen MR) is 68.6 cm³/mol. The first-order chi connectivity index (χ1) is 8.39. The lowest BCUT2D eigenvalue weighted by Gasteiger charge is -2.23. The standard InChI is InChI=1S/C12H14F2N2OS/c1-12(17,7-18-2)6-16-11-9(13)3-8(5-15)4-10(11)14/h3-4,16-17H,6-7H2,1-2H3/t12-/m0/s1. The van der Waals surface area contributed by atoms with E-state index in [1.807, 2.05) is 6.26 Å². The van der Waals surface area contributed by atoms with Crippen LogP contribution in [0.2, 0.25) is 0 Å². The van der Waals surface area contributed by atoms with Crippen molar-refractivity contribution < 1.29 is 13.9 Å². The number of benzene rings is 1. The minimum Gasteiger partial charge on any atom is -0.387 e. The minimum atomic E-state index is -1.06. The summed E-state index contributed by atoms with van der Waals surface area (Å²) in [6.45, 7) is 1.60. The highest BCUT2D eigenvalue weighted by molar-refractivity contribution is 7.98. The van der Waals surface area contributed by atoms with E-state index in [2.05, 4.69) is 5.32 Å². The Bertz CT molecular complexity index is 449. The summed E-state index contributed by atoms with van der Waals surface area (Å²) in [5.41, 5.74) is -1.46. The van der Waals surface area contributed by atoms with Crippen LogP contribution in [-0.2, 0) is 0 Å². The summed E-state index contributed by atoms with van der Waals surface area (Å²) in [7, 11) is 0. The van der Waals surface area contributed by atoms with Gasteiger partial charge < -0.3 is 10.4 Å². The molecule has 18 heavy (non-hydrogen) atoms. The van der Waals surface area contributed by atoms with Crippen molar-refractivity contribution in [3.8, 4) is 6.07 Å². The van der Waals surface area contributed by atoms with E-state index >= 15 is 0 Å². The van der Waals surface area contributed by atoms with Crippen molar-refractivity contribution >= 4 is 17.4 Å². The van der Waals surface area contributed by atoms with Gasteiger partial charge in [0.05, 0.1) is 17.2 Å². The number of aliphatic hydroxyl groups is 1. The largest absolute Gasteiger partial charge is 0.387 e. The average molecular weight is 272 g/mol. The lowest BCUT2D eigenvalue weighted by atomic mass is 10.1. The molecule has 1 aromatic carbocycles. The van der Waals surface area contributed by atoms with E-state index in [0.29, 0.717) is 5.75 Å². The molecule has 1 atom stereocenters. The van der Waals surface area contributed by atoms with Crippen molar-refractivity contribution in [2.75, 3.05) is 23.9 Å². The third-order valence-electron chi connectivity index (χ3n) is 2.27. The molecule has 0 bridgehead atoms. The van der Waals surface area contributed by atoms with Gasteiger partial charge in [-0.1, -0.05) is 0 Å². The Hall–Kier alpha value is -1.32. The monoisotopic (exact) mass is 272 g/mol. The van der Waals surface area contributed by atoms with E-state index < -0.39 is 17.2 Å². The Kier molecular flexibility index (Phi) is 4.93.